The van der Waals surface area contributed by atoms with Crippen molar-refractivity contribution in [2.45, 2.75) is 33.3 Å². The summed E-state index contributed by atoms with van der Waals surface area (Å²) in [5.41, 5.74) is 2.76. The van der Waals surface area contributed by atoms with Gasteiger partial charge in [0.1, 0.15) is 10.8 Å². The molecule has 2 aromatic rings. The predicted octanol–water partition coefficient (Wildman–Crippen LogP) is 4.96. The Labute approximate surface area is 189 Å². The maximum Gasteiger partial charge on any atom is 0.335 e. The highest BCUT2D eigenvalue weighted by Crippen LogP contribution is 2.40. The topological polar surface area (TPSA) is 66.3 Å². The average molecular weight is 464 g/mol. The van der Waals surface area contributed by atoms with Crippen molar-refractivity contribution in [3.63, 3.8) is 0 Å². The zero-order valence-electron chi connectivity index (χ0n) is 18.9. The number of hydrogen-bond donors (Lipinski definition) is 2. The molecule has 9 heteroatoms. The predicted molar refractivity (Wildman–Crippen MR) is 128 cm³/mol. The summed E-state index contributed by atoms with van der Waals surface area (Å²) in [5, 5.41) is 4.72. The second-order valence-electron chi connectivity index (χ2n) is 9.43. The van der Waals surface area contributed by atoms with Gasteiger partial charge in [0, 0.05) is 4.88 Å². The largest absolute Gasteiger partial charge is 0.345 e. The first-order valence-electron chi connectivity index (χ1n) is 10.6. The van der Waals surface area contributed by atoms with E-state index in [2.05, 4.69) is 42.4 Å². The fourth-order valence-electron chi connectivity index (χ4n) is 3.73. The Balaban J connectivity index is 1.47. The van der Waals surface area contributed by atoms with Crippen LogP contribution in [0.1, 0.15) is 31.2 Å². The summed E-state index contributed by atoms with van der Waals surface area (Å²) in [6, 6.07) is 10.4. The number of amidine groups is 1. The van der Waals surface area contributed by atoms with Crippen molar-refractivity contribution in [3.8, 4) is 0 Å². The van der Waals surface area contributed by atoms with E-state index in [1.54, 1.807) is 11.3 Å². The second-order valence-corrected chi connectivity index (χ2v) is 11.6. The normalized spacial score (nSPS) is 19.0. The number of anilines is 2. The number of piperazine rings is 1. The van der Waals surface area contributed by atoms with Crippen LogP contribution in [0.4, 0.5) is 16.4 Å². The maximum atomic E-state index is 10.1. The number of rotatable bonds is 4. The van der Waals surface area contributed by atoms with Crippen molar-refractivity contribution >= 4 is 42.2 Å². The molecule has 2 N–H and O–H groups in total. The number of benzene rings is 1. The van der Waals surface area contributed by atoms with Gasteiger partial charge in [0.15, 0.2) is 6.73 Å². The van der Waals surface area contributed by atoms with E-state index in [1.807, 2.05) is 32.9 Å². The smallest absolute Gasteiger partial charge is 0.335 e. The Morgan fingerprint density at radius 2 is 1.97 bits per heavy atom. The third-order valence-corrected chi connectivity index (χ3v) is 7.43. The van der Waals surface area contributed by atoms with E-state index in [4.69, 9.17) is 14.0 Å². The molecule has 168 valence electrons. The van der Waals surface area contributed by atoms with Gasteiger partial charge in [-0.05, 0) is 45.9 Å². The molecule has 3 heterocycles. The minimum absolute atomic E-state index is 0.421. The molecule has 0 radical (unpaired) electrons. The number of thiophene rings is 1. The standard InChI is InChI=1S/C22H32N4O3PS/c1-16-14-17-20(23-18-8-6-7-9-19(18)24-21(17)31-16)25-10-12-26(5,13-11-25)15-28-30(27)29-22(2,3)4/h6-9,14,24,27H,10-13,15H2,1-5H3/q+1. The van der Waals surface area contributed by atoms with E-state index in [-0.39, 0.29) is 0 Å². The van der Waals surface area contributed by atoms with E-state index in [0.717, 1.165) is 52.9 Å². The zero-order valence-corrected chi connectivity index (χ0v) is 20.6. The minimum atomic E-state index is -1.87. The van der Waals surface area contributed by atoms with Crippen LogP contribution in [0.5, 0.6) is 0 Å². The van der Waals surface area contributed by atoms with Gasteiger partial charge in [-0.25, -0.2) is 4.99 Å². The van der Waals surface area contributed by atoms with Crippen LogP contribution >= 0.6 is 19.9 Å². The van der Waals surface area contributed by atoms with Crippen molar-refractivity contribution in [1.29, 1.82) is 0 Å². The fraction of sp³-hybridized carbons (Fsp3) is 0.500. The number of quaternary nitrogens is 1. The summed E-state index contributed by atoms with van der Waals surface area (Å²) in [5.74, 6) is 1.03. The molecular formula is C22H32N4O3PS+. The molecule has 0 bridgehead atoms. The van der Waals surface area contributed by atoms with Crippen molar-refractivity contribution in [2.75, 3.05) is 45.3 Å². The van der Waals surface area contributed by atoms with E-state index in [9.17, 15) is 4.89 Å². The van der Waals surface area contributed by atoms with Crippen LogP contribution in [0.2, 0.25) is 0 Å². The van der Waals surface area contributed by atoms with Crippen molar-refractivity contribution < 1.29 is 18.4 Å². The van der Waals surface area contributed by atoms with Gasteiger partial charge >= 0.3 is 8.60 Å². The van der Waals surface area contributed by atoms with E-state index >= 15 is 0 Å². The number of para-hydroxylation sites is 2. The van der Waals surface area contributed by atoms with Gasteiger partial charge < -0.3 is 24.1 Å². The molecule has 1 fully saturated rings. The lowest BCUT2D eigenvalue weighted by atomic mass is 10.2. The van der Waals surface area contributed by atoms with Gasteiger partial charge in [0.2, 0.25) is 0 Å². The van der Waals surface area contributed by atoms with Gasteiger partial charge in [0.25, 0.3) is 0 Å². The highest BCUT2D eigenvalue weighted by molar-refractivity contribution is 7.40. The Hall–Kier alpha value is -1.54. The van der Waals surface area contributed by atoms with Crippen LogP contribution in [0.25, 0.3) is 0 Å². The number of nitrogens with zero attached hydrogens (tertiary/aromatic N) is 3. The number of nitrogens with one attached hydrogen (secondary N) is 1. The quantitative estimate of drug-likeness (QED) is 0.496. The Bertz CT molecular complexity index is 964. The van der Waals surface area contributed by atoms with Crippen LogP contribution < -0.4 is 5.32 Å². The molecule has 1 saturated heterocycles. The summed E-state index contributed by atoms with van der Waals surface area (Å²) in [7, 11) is 0.297. The molecule has 31 heavy (non-hydrogen) atoms. The molecule has 1 unspecified atom stereocenters. The minimum Gasteiger partial charge on any atom is -0.345 e. The molecule has 0 spiro atoms. The first kappa shape index (κ1) is 22.6. The van der Waals surface area contributed by atoms with Crippen LogP contribution in [0.15, 0.2) is 35.3 Å². The molecule has 4 rings (SSSR count). The van der Waals surface area contributed by atoms with Crippen LogP contribution in [0.3, 0.4) is 0 Å². The lowest BCUT2D eigenvalue weighted by molar-refractivity contribution is -0.928. The SMILES string of the molecule is Cc1cc2c(s1)Nc1ccccc1N=C2N1CC[N+](C)(COP(O)OC(C)(C)C)CC1. The average Bonchev–Trinajstić information content (AvgIpc) is 2.98. The van der Waals surface area contributed by atoms with Crippen molar-refractivity contribution in [1.82, 2.24) is 4.90 Å². The molecule has 0 amide bonds. The Kier molecular flexibility index (Phi) is 6.41. The lowest BCUT2D eigenvalue weighted by Gasteiger charge is -2.42. The van der Waals surface area contributed by atoms with E-state index in [1.165, 1.54) is 10.4 Å². The number of fused-ring (bicyclic) bond motifs is 2. The Morgan fingerprint density at radius 3 is 2.68 bits per heavy atom. The first-order chi connectivity index (χ1) is 14.6. The van der Waals surface area contributed by atoms with Crippen LogP contribution in [-0.2, 0) is 9.05 Å². The monoisotopic (exact) mass is 463 g/mol. The number of likely N-dealkylation sites (N-methyl/N-ethyl adjacent to an activating group) is 1. The molecule has 0 aliphatic carbocycles. The summed E-state index contributed by atoms with van der Waals surface area (Å²) in [6.07, 6.45) is 0. The third-order valence-electron chi connectivity index (χ3n) is 5.43. The third kappa shape index (κ3) is 5.45. The highest BCUT2D eigenvalue weighted by Gasteiger charge is 2.34. The van der Waals surface area contributed by atoms with Crippen LogP contribution in [-0.4, -0.2) is 65.7 Å². The number of aryl methyl sites for hydroxylation is 1. The number of hydrogen-bond acceptors (Lipinski definition) is 7. The summed E-state index contributed by atoms with van der Waals surface area (Å²) in [6.45, 7) is 11.9. The zero-order chi connectivity index (χ0) is 22.2. The summed E-state index contributed by atoms with van der Waals surface area (Å²) >= 11 is 1.77. The van der Waals surface area contributed by atoms with Gasteiger partial charge in [-0.15, -0.1) is 11.3 Å². The molecular weight excluding hydrogens is 431 g/mol. The van der Waals surface area contributed by atoms with E-state index in [0.29, 0.717) is 6.73 Å². The van der Waals surface area contributed by atoms with E-state index < -0.39 is 14.2 Å². The van der Waals surface area contributed by atoms with Gasteiger partial charge in [0.05, 0.1) is 55.8 Å². The maximum absolute atomic E-state index is 10.1. The highest BCUT2D eigenvalue weighted by atomic mass is 32.1. The van der Waals surface area contributed by atoms with Gasteiger partial charge in [-0.3, -0.25) is 4.52 Å². The van der Waals surface area contributed by atoms with Crippen LogP contribution in [0, 0.1) is 6.92 Å². The molecule has 0 saturated carbocycles. The lowest BCUT2D eigenvalue weighted by Crippen LogP contribution is -2.59. The van der Waals surface area contributed by atoms with Crippen molar-refractivity contribution in [2.24, 2.45) is 4.99 Å². The molecule has 2 aliphatic rings. The summed E-state index contributed by atoms with van der Waals surface area (Å²) in [4.78, 5) is 18.8. The molecule has 1 atom stereocenters. The Morgan fingerprint density at radius 1 is 1.26 bits per heavy atom. The van der Waals surface area contributed by atoms with Gasteiger partial charge in [-0.1, -0.05) is 12.1 Å². The van der Waals surface area contributed by atoms with Gasteiger partial charge in [-0.2, -0.15) is 0 Å². The fourth-order valence-corrected chi connectivity index (χ4v) is 5.54. The first-order valence-corrected chi connectivity index (χ1v) is 12.5. The molecule has 7 nitrogen and oxygen atoms in total. The summed E-state index contributed by atoms with van der Waals surface area (Å²) < 4.78 is 11.9. The number of aliphatic imine (C=N–C) groups is 1. The molecule has 1 aromatic carbocycles. The molecule has 1 aromatic heterocycles. The second kappa shape index (κ2) is 8.77. The molecule has 2 aliphatic heterocycles. The van der Waals surface area contributed by atoms with Crippen molar-refractivity contribution in [3.05, 3.63) is 40.8 Å².